The Bertz CT molecular complexity index is 1230. The highest BCUT2D eigenvalue weighted by atomic mass is 35.5. The molecule has 1 unspecified atom stereocenters. The Morgan fingerprint density at radius 1 is 1.17 bits per heavy atom. The molecule has 1 aromatic heterocycles. The minimum absolute atomic E-state index is 0.0477. The maximum atomic E-state index is 15.3. The van der Waals surface area contributed by atoms with Crippen molar-refractivity contribution in [2.45, 2.75) is 38.5 Å². The summed E-state index contributed by atoms with van der Waals surface area (Å²) in [6.45, 7) is 1.52. The quantitative estimate of drug-likeness (QED) is 0.408. The molecule has 36 heavy (non-hydrogen) atoms. The molecule has 2 heterocycles. The van der Waals surface area contributed by atoms with Crippen molar-refractivity contribution in [1.82, 2.24) is 25.9 Å². The van der Waals surface area contributed by atoms with Crippen LogP contribution < -0.4 is 5.32 Å². The number of ether oxygens (including phenoxy) is 2. The van der Waals surface area contributed by atoms with Gasteiger partial charge in [0.15, 0.2) is 5.82 Å². The van der Waals surface area contributed by atoms with E-state index in [-0.39, 0.29) is 11.5 Å². The number of halogens is 6. The number of aromatic amines is 1. The lowest BCUT2D eigenvalue weighted by Crippen LogP contribution is -2.37. The van der Waals surface area contributed by atoms with Gasteiger partial charge in [0.2, 0.25) is 0 Å². The summed E-state index contributed by atoms with van der Waals surface area (Å²) in [5, 5.41) is 14.6. The summed E-state index contributed by atoms with van der Waals surface area (Å²) in [7, 11) is 0.895. The molecule has 194 valence electrons. The third-order valence-corrected chi connectivity index (χ3v) is 5.38. The Hall–Kier alpha value is -3.55. The molecule has 0 aliphatic carbocycles. The minimum Gasteiger partial charge on any atom is -0.466 e. The number of carbonyl (C=O) groups excluding carboxylic acids is 2. The van der Waals surface area contributed by atoms with Crippen LogP contribution in [-0.2, 0) is 31.7 Å². The lowest BCUT2D eigenvalue weighted by Gasteiger charge is -2.33. The van der Waals surface area contributed by atoms with Crippen LogP contribution in [0, 0.1) is 5.82 Å². The highest BCUT2D eigenvalue weighted by molar-refractivity contribution is 6.31. The van der Waals surface area contributed by atoms with Crippen LogP contribution in [0.1, 0.15) is 36.7 Å². The number of hydrogen-bond donors (Lipinski definition) is 2. The van der Waals surface area contributed by atoms with Gasteiger partial charge in [-0.1, -0.05) is 16.8 Å². The van der Waals surface area contributed by atoms with E-state index < -0.39 is 82.0 Å². The lowest BCUT2D eigenvalue weighted by molar-refractivity contribution is -0.144. The second kappa shape index (κ2) is 10.6. The summed E-state index contributed by atoms with van der Waals surface area (Å²) in [6.07, 6.45) is -6.38. The third-order valence-electron chi connectivity index (χ3n) is 5.07. The number of esters is 2. The van der Waals surface area contributed by atoms with Gasteiger partial charge in [-0.25, -0.2) is 18.4 Å². The van der Waals surface area contributed by atoms with E-state index in [4.69, 9.17) is 16.3 Å². The van der Waals surface area contributed by atoms with E-state index >= 15 is 4.39 Å². The van der Waals surface area contributed by atoms with Crippen LogP contribution in [-0.4, -0.2) is 52.5 Å². The van der Waals surface area contributed by atoms with Crippen molar-refractivity contribution < 1.29 is 41.0 Å². The Kier molecular flexibility index (Phi) is 7.96. The van der Waals surface area contributed by atoms with Crippen molar-refractivity contribution >= 4 is 23.5 Å². The van der Waals surface area contributed by atoms with E-state index in [0.29, 0.717) is 12.1 Å². The van der Waals surface area contributed by atoms with Crippen molar-refractivity contribution in [2.75, 3.05) is 13.8 Å². The molecule has 2 N–H and O–H groups in total. The molecule has 1 aliphatic rings. The second-order valence-corrected chi connectivity index (χ2v) is 8.15. The fourth-order valence-corrected chi connectivity index (χ4v) is 4.04. The van der Waals surface area contributed by atoms with Crippen molar-refractivity contribution in [3.05, 3.63) is 62.5 Å². The predicted octanol–water partition coefficient (Wildman–Crippen LogP) is 3.54. The van der Waals surface area contributed by atoms with Gasteiger partial charge in [0, 0.05) is 11.3 Å². The van der Waals surface area contributed by atoms with Gasteiger partial charge >= 0.3 is 18.1 Å². The van der Waals surface area contributed by atoms with Gasteiger partial charge in [0.25, 0.3) is 0 Å². The molecule has 1 atom stereocenters. The highest BCUT2D eigenvalue weighted by Crippen LogP contribution is 2.48. The van der Waals surface area contributed by atoms with Gasteiger partial charge in [0.1, 0.15) is 12.5 Å². The number of allylic oxidation sites excluding steroid dienone is 2. The molecule has 1 aromatic carbocycles. The number of dihydropyridines is 1. The largest absolute Gasteiger partial charge is 0.466 e. The molecule has 3 rings (SSSR count). The maximum absolute atomic E-state index is 15.3. The van der Waals surface area contributed by atoms with Crippen LogP contribution in [0.25, 0.3) is 0 Å². The van der Waals surface area contributed by atoms with Crippen molar-refractivity contribution in [3.8, 4) is 0 Å². The molecule has 2 aromatic rings. The van der Waals surface area contributed by atoms with Crippen LogP contribution >= 0.6 is 11.6 Å². The second-order valence-electron chi connectivity index (χ2n) is 7.74. The normalized spacial score (nSPS) is 16.3. The van der Waals surface area contributed by atoms with E-state index in [1.165, 1.54) is 13.8 Å². The van der Waals surface area contributed by atoms with E-state index in [1.54, 1.807) is 0 Å². The number of nitrogens with one attached hydrogen (secondary N) is 2. The predicted molar refractivity (Wildman–Crippen MR) is 113 cm³/mol. The molecule has 15 heteroatoms. The molecule has 0 amide bonds. The van der Waals surface area contributed by atoms with Gasteiger partial charge < -0.3 is 14.8 Å². The molecule has 0 spiro atoms. The maximum Gasteiger partial charge on any atom is 0.418 e. The monoisotopic (exact) mass is 535 g/mol. The standard InChI is InChI=1S/C21H19ClF5N5O4/c1-8(2)36-20(34)15-11(6-13-29-31-32-30-13)28-12(7-23)16(19(33)35-3)17(15)14-10(24)5-4-9(22)18(14)21(25,26)27/h4-5,8,17,28H,6-7H2,1-3H3,(H,29,30,31,32). The number of aromatic nitrogens is 4. The van der Waals surface area contributed by atoms with Gasteiger partial charge in [-0.2, -0.15) is 18.4 Å². The Labute approximate surface area is 205 Å². The summed E-state index contributed by atoms with van der Waals surface area (Å²) in [5.41, 5.74) is -5.00. The van der Waals surface area contributed by atoms with E-state index in [1.807, 2.05) is 0 Å². The average Bonchev–Trinajstić information content (AvgIpc) is 3.30. The zero-order valence-electron chi connectivity index (χ0n) is 19.0. The van der Waals surface area contributed by atoms with Crippen LogP contribution in [0.5, 0.6) is 0 Å². The zero-order valence-corrected chi connectivity index (χ0v) is 19.7. The Balaban J connectivity index is 2.45. The number of hydrogen-bond acceptors (Lipinski definition) is 8. The molecular weight excluding hydrogens is 517 g/mol. The molecule has 0 saturated carbocycles. The number of tetrazole rings is 1. The SMILES string of the molecule is COC(=O)C1=C(CF)NC(Cc2nn[nH]n2)=C(C(=O)OC(C)C)C1c1c(F)ccc(Cl)c1C(F)(F)F. The Morgan fingerprint density at radius 3 is 2.36 bits per heavy atom. The van der Waals surface area contributed by atoms with E-state index in [9.17, 15) is 27.2 Å². The fraction of sp³-hybridized carbons (Fsp3) is 0.381. The van der Waals surface area contributed by atoms with E-state index in [0.717, 1.165) is 7.11 Å². The third kappa shape index (κ3) is 5.32. The molecule has 0 bridgehead atoms. The van der Waals surface area contributed by atoms with Crippen LogP contribution in [0.2, 0.25) is 5.02 Å². The molecule has 1 aliphatic heterocycles. The average molecular weight is 536 g/mol. The highest BCUT2D eigenvalue weighted by Gasteiger charge is 2.47. The molecule has 0 radical (unpaired) electrons. The summed E-state index contributed by atoms with van der Waals surface area (Å²) >= 11 is 5.83. The summed E-state index contributed by atoms with van der Waals surface area (Å²) in [4.78, 5) is 26.0. The number of nitrogens with zero attached hydrogens (tertiary/aromatic N) is 3. The first-order valence-electron chi connectivity index (χ1n) is 10.3. The summed E-state index contributed by atoms with van der Waals surface area (Å²) in [5.74, 6) is -6.12. The first-order valence-corrected chi connectivity index (χ1v) is 10.6. The van der Waals surface area contributed by atoms with Gasteiger partial charge in [-0.15, -0.1) is 10.2 Å². The summed E-state index contributed by atoms with van der Waals surface area (Å²) in [6, 6.07) is 1.32. The lowest BCUT2D eigenvalue weighted by atomic mass is 9.77. The molecular formula is C21H19ClF5N5O4. The number of H-pyrrole nitrogens is 1. The topological polar surface area (TPSA) is 119 Å². The van der Waals surface area contributed by atoms with Gasteiger partial charge in [-0.3, -0.25) is 0 Å². The Morgan fingerprint density at radius 2 is 1.83 bits per heavy atom. The van der Waals surface area contributed by atoms with E-state index in [2.05, 4.69) is 30.7 Å². The first kappa shape index (κ1) is 27.0. The van der Waals surface area contributed by atoms with Crippen LogP contribution in [0.3, 0.4) is 0 Å². The molecule has 0 saturated heterocycles. The zero-order chi connectivity index (χ0) is 26.8. The number of carbonyl (C=O) groups is 2. The van der Waals surface area contributed by atoms with Crippen LogP contribution in [0.15, 0.2) is 34.7 Å². The number of alkyl halides is 4. The first-order chi connectivity index (χ1) is 16.9. The number of rotatable bonds is 7. The molecule has 9 nitrogen and oxygen atoms in total. The van der Waals surface area contributed by atoms with Crippen molar-refractivity contribution in [1.29, 1.82) is 0 Å². The number of methoxy groups -OCH3 is 1. The fourth-order valence-electron chi connectivity index (χ4n) is 3.77. The van der Waals surface area contributed by atoms with Crippen molar-refractivity contribution in [3.63, 3.8) is 0 Å². The smallest absolute Gasteiger partial charge is 0.418 e. The minimum atomic E-state index is -5.22. The van der Waals surface area contributed by atoms with Gasteiger partial charge in [-0.05, 0) is 26.0 Å². The van der Waals surface area contributed by atoms with Gasteiger partial charge in [0.05, 0.1) is 53.0 Å². The van der Waals surface area contributed by atoms with Crippen LogP contribution in [0.4, 0.5) is 22.0 Å². The summed E-state index contributed by atoms with van der Waals surface area (Å²) < 4.78 is 81.7. The van der Waals surface area contributed by atoms with Crippen molar-refractivity contribution in [2.24, 2.45) is 0 Å². The molecule has 0 fully saturated rings. The number of benzene rings is 1.